The van der Waals surface area contributed by atoms with Crippen LogP contribution in [0.1, 0.15) is 78.0 Å². The maximum Gasteiger partial charge on any atom is 0.169 e. The van der Waals surface area contributed by atoms with Crippen LogP contribution in [0.5, 0.6) is 0 Å². The first-order valence-electron chi connectivity index (χ1n) is 26.4. The molecule has 8 aromatic rings. The summed E-state index contributed by atoms with van der Waals surface area (Å²) >= 11 is 0. The molecule has 0 spiro atoms. The molecule has 8 aromatic heterocycles. The molecule has 8 heterocycles. The zero-order chi connectivity index (χ0) is 58.9. The largest absolute Gasteiger partial charge is 0.377 e. The van der Waals surface area contributed by atoms with E-state index in [0.717, 1.165) is 24.3 Å². The third kappa shape index (κ3) is 18.3. The number of rotatable bonds is 28. The van der Waals surface area contributed by atoms with Crippen LogP contribution in [-0.2, 0) is 11.3 Å². The molecule has 0 aliphatic carbocycles. The van der Waals surface area contributed by atoms with Crippen molar-refractivity contribution < 1.29 is 4.74 Å². The summed E-state index contributed by atoms with van der Waals surface area (Å²) in [5.41, 5.74) is 5.16. The molecular weight excluding hydrogens is 1070 g/mol. The lowest BCUT2D eigenvalue weighted by atomic mass is 10.2. The predicted molar refractivity (Wildman–Crippen MR) is 329 cm³/mol. The zero-order valence-corrected chi connectivity index (χ0v) is 47.8. The average molecular weight is 1130 g/mol. The smallest absolute Gasteiger partial charge is 0.169 e. The minimum atomic E-state index is 0.469. The van der Waals surface area contributed by atoms with E-state index in [1.54, 1.807) is 164 Å². The number of nitrogens with zero attached hydrogens (tertiary/aromatic N) is 27. The molecule has 0 fully saturated rings. The van der Waals surface area contributed by atoms with E-state index < -0.39 is 0 Å². The summed E-state index contributed by atoms with van der Waals surface area (Å²) in [5.74, 6) is 3.76. The van der Waals surface area contributed by atoms with Gasteiger partial charge in [0.25, 0.3) is 0 Å². The molecule has 0 amide bonds. The zero-order valence-electron chi connectivity index (χ0n) is 47.8. The predicted octanol–water partition coefficient (Wildman–Crippen LogP) is 6.21. The fourth-order valence-corrected chi connectivity index (χ4v) is 7.11. The van der Waals surface area contributed by atoms with Crippen molar-refractivity contribution in [2.45, 2.75) is 39.2 Å². The highest BCUT2D eigenvalue weighted by atomic mass is 16.5. The monoisotopic (exact) mass is 1130 g/mol. The van der Waals surface area contributed by atoms with Crippen LogP contribution in [0.4, 0.5) is 40.7 Å². The molecule has 0 saturated heterocycles. The van der Waals surface area contributed by atoms with Gasteiger partial charge < -0.3 is 4.74 Å². The van der Waals surface area contributed by atoms with E-state index in [9.17, 15) is 0 Å². The van der Waals surface area contributed by atoms with E-state index in [1.807, 2.05) is 61.8 Å². The molecular formula is C56H63N27O. The molecule has 0 N–H and O–H groups in total. The van der Waals surface area contributed by atoms with Gasteiger partial charge in [-0.2, -0.15) is 35.7 Å². The Labute approximate surface area is 486 Å². The molecule has 0 aliphatic rings. The maximum absolute atomic E-state index is 5.80. The van der Waals surface area contributed by atoms with E-state index in [2.05, 4.69) is 102 Å². The molecule has 0 atom stereocenters. The number of pyridine rings is 3. The van der Waals surface area contributed by atoms with Gasteiger partial charge in [-0.15, -0.1) is 0 Å². The fourth-order valence-electron chi connectivity index (χ4n) is 7.11. The van der Waals surface area contributed by atoms with Gasteiger partial charge in [-0.05, 0) is 54.4 Å². The Kier molecular flexibility index (Phi) is 21.6. The lowest BCUT2D eigenvalue weighted by Crippen LogP contribution is -2.16. The Morgan fingerprint density at radius 2 is 0.798 bits per heavy atom. The quantitative estimate of drug-likeness (QED) is 0.0299. The minimum Gasteiger partial charge on any atom is -0.377 e. The molecule has 28 heteroatoms. The maximum atomic E-state index is 5.80. The van der Waals surface area contributed by atoms with Gasteiger partial charge >= 0.3 is 0 Å². The van der Waals surface area contributed by atoms with Crippen molar-refractivity contribution in [1.29, 1.82) is 0 Å². The summed E-state index contributed by atoms with van der Waals surface area (Å²) in [4.78, 5) is 57.4. The van der Waals surface area contributed by atoms with Crippen molar-refractivity contribution in [3.05, 3.63) is 168 Å². The summed E-state index contributed by atoms with van der Waals surface area (Å²) < 4.78 is 5.80. The molecule has 8 rings (SSSR count). The Hall–Kier alpha value is -10.9. The molecule has 84 heavy (non-hydrogen) atoms. The molecule has 428 valence electrons. The summed E-state index contributed by atoms with van der Waals surface area (Å²) in [6, 6.07) is 22.1. The SMILES string of the molecule is CCCCCCOCc1ccc(N(C)/N=C/c2cccc(/C=N/N(C)c3cncc(N(C)/N=C/c4cc(/C=N/N(C)c5cc(N(C)/N=C/c6cc(/C=N/N(C)c7cc(N(C)/N=C/c8ccccn8)ncn7)ncn6)ncn5)ncn4)n3)n2)nc1. The van der Waals surface area contributed by atoms with E-state index in [-0.39, 0.29) is 0 Å². The summed E-state index contributed by atoms with van der Waals surface area (Å²) in [7, 11) is 12.4. The highest BCUT2D eigenvalue weighted by molar-refractivity contribution is 5.85. The number of aromatic nitrogens is 13. The van der Waals surface area contributed by atoms with E-state index in [0.29, 0.717) is 81.5 Å². The van der Waals surface area contributed by atoms with Gasteiger partial charge in [0.15, 0.2) is 34.9 Å². The van der Waals surface area contributed by atoms with Crippen LogP contribution in [0.25, 0.3) is 0 Å². The van der Waals surface area contributed by atoms with Crippen LogP contribution in [0.2, 0.25) is 0 Å². The highest BCUT2D eigenvalue weighted by Gasteiger charge is 2.11. The van der Waals surface area contributed by atoms with Gasteiger partial charge in [-0.1, -0.05) is 44.4 Å². The van der Waals surface area contributed by atoms with Gasteiger partial charge in [0.1, 0.15) is 31.1 Å². The number of unbranched alkanes of at least 4 members (excludes halogenated alkanes) is 3. The number of hydrogen-bond acceptors (Lipinski definition) is 28. The molecule has 0 saturated carbocycles. The van der Waals surface area contributed by atoms with Crippen LogP contribution in [-0.4, -0.2) is 164 Å². The fraction of sp³-hybridized carbons (Fsp3) is 0.250. The third-order valence-corrected chi connectivity index (χ3v) is 11.9. The number of ether oxygens (including phenoxy) is 1. The van der Waals surface area contributed by atoms with Crippen LogP contribution >= 0.6 is 0 Å². The van der Waals surface area contributed by atoms with E-state index in [4.69, 9.17) is 9.72 Å². The van der Waals surface area contributed by atoms with Crippen LogP contribution in [0.15, 0.2) is 159 Å². The molecule has 0 aliphatic heterocycles. The van der Waals surface area contributed by atoms with Gasteiger partial charge in [0, 0.05) is 80.5 Å². The van der Waals surface area contributed by atoms with Crippen molar-refractivity contribution in [3.63, 3.8) is 0 Å². The van der Waals surface area contributed by atoms with Gasteiger partial charge in [-0.25, -0.2) is 64.8 Å². The van der Waals surface area contributed by atoms with Crippen molar-refractivity contribution in [2.75, 3.05) is 91.0 Å². The average Bonchev–Trinajstić information content (AvgIpc) is 3.60. The molecule has 0 radical (unpaired) electrons. The van der Waals surface area contributed by atoms with Gasteiger partial charge in [0.2, 0.25) is 0 Å². The highest BCUT2D eigenvalue weighted by Crippen LogP contribution is 2.19. The van der Waals surface area contributed by atoms with Crippen molar-refractivity contribution in [1.82, 2.24) is 64.8 Å². The molecule has 0 unspecified atom stereocenters. The standard InChI is InChI=1S/C56H63N27O/c1-9-10-11-14-22-84-37-42-19-20-50(59-27-42)77(2)69-29-44-17-15-18-45(75-44)30-70-82(7)55-35-57-36-56(76-55)83(8)74-34-49-24-48(62-39-63-49)33-73-81(6)54-26-53(66-41-67-54)80(5)72-32-47-23-46(60-38-61-47)31-71-79(4)52-25-51(64-40-65-52)78(3)68-28-43-16-12-13-21-58-43/h12-13,15-21,23-36,38-41H,9-11,14,22,37H2,1-8H3/b68-28+,69-29+,70-30+,71-31+,72-32+,73-33+,74-34+. The molecule has 0 bridgehead atoms. The number of hydrogen-bond donors (Lipinski definition) is 0. The second-order valence-corrected chi connectivity index (χ2v) is 18.2. The van der Waals surface area contributed by atoms with E-state index in [1.165, 1.54) is 44.6 Å². The van der Waals surface area contributed by atoms with Crippen LogP contribution in [0, 0.1) is 0 Å². The first-order chi connectivity index (χ1) is 41.0. The summed E-state index contributed by atoms with van der Waals surface area (Å²) in [6.07, 6.45) is 28.5. The number of anilines is 7. The second kappa shape index (κ2) is 30.6. The topological polar surface area (TPSA) is 286 Å². The van der Waals surface area contributed by atoms with E-state index >= 15 is 0 Å². The van der Waals surface area contributed by atoms with Gasteiger partial charge in [0.05, 0.1) is 102 Å². The lowest BCUT2D eigenvalue weighted by Gasteiger charge is -2.15. The first-order valence-corrected chi connectivity index (χ1v) is 26.4. The Balaban J connectivity index is 0.802. The normalized spacial score (nSPS) is 11.8. The number of hydrazone groups is 7. The first kappa shape index (κ1) is 59.2. The van der Waals surface area contributed by atoms with Crippen LogP contribution < -0.4 is 35.1 Å². The summed E-state index contributed by atoms with van der Waals surface area (Å²) in [6.45, 7) is 3.50. The second-order valence-electron chi connectivity index (χ2n) is 18.2. The Morgan fingerprint density at radius 3 is 1.24 bits per heavy atom. The third-order valence-electron chi connectivity index (χ3n) is 11.9. The van der Waals surface area contributed by atoms with Crippen LogP contribution in [0.3, 0.4) is 0 Å². The Morgan fingerprint density at radius 1 is 0.369 bits per heavy atom. The van der Waals surface area contributed by atoms with Gasteiger partial charge in [-0.3, -0.25) is 35.0 Å². The lowest BCUT2D eigenvalue weighted by molar-refractivity contribution is 0.116. The molecule has 0 aromatic carbocycles. The minimum absolute atomic E-state index is 0.469. The van der Waals surface area contributed by atoms with Crippen molar-refractivity contribution >= 4 is 84.2 Å². The Bertz CT molecular complexity index is 3580. The van der Waals surface area contributed by atoms with Crippen molar-refractivity contribution in [3.8, 4) is 0 Å². The van der Waals surface area contributed by atoms with Crippen molar-refractivity contribution in [2.24, 2.45) is 35.7 Å². The summed E-state index contributed by atoms with van der Waals surface area (Å²) in [5, 5.41) is 42.9. The molecule has 28 nitrogen and oxygen atoms in total.